The maximum absolute atomic E-state index is 6.29. The first-order valence-electron chi connectivity index (χ1n) is 8.32. The molecule has 0 heterocycles. The van der Waals surface area contributed by atoms with Gasteiger partial charge in [0.05, 0.1) is 0 Å². The first-order valence-corrected chi connectivity index (χ1v) is 8.32. The summed E-state index contributed by atoms with van der Waals surface area (Å²) in [5, 5.41) is 0. The highest BCUT2D eigenvalue weighted by Gasteiger charge is 2.43. The van der Waals surface area contributed by atoms with E-state index < -0.39 is 0 Å². The van der Waals surface area contributed by atoms with E-state index in [1.165, 1.54) is 38.8 Å². The molecule has 2 nitrogen and oxygen atoms in total. The van der Waals surface area contributed by atoms with Gasteiger partial charge < -0.3 is 5.73 Å². The summed E-state index contributed by atoms with van der Waals surface area (Å²) in [6.45, 7) is 14.5. The number of hydrogen-bond donors (Lipinski definition) is 1. The highest BCUT2D eigenvalue weighted by molar-refractivity contribution is 4.96. The topological polar surface area (TPSA) is 29.3 Å². The molecule has 0 aromatic heterocycles. The smallest absolute Gasteiger partial charge is 0.00966 e. The van der Waals surface area contributed by atoms with Crippen molar-refractivity contribution in [1.29, 1.82) is 0 Å². The summed E-state index contributed by atoms with van der Waals surface area (Å²) in [6.07, 6.45) is 5.39. The number of rotatable bonds is 5. The standard InChI is InChI=1S/C17H34N2/c1-12(2)10-19(15-7-8-15)11-14-6-9-16(18)13(3)17(14,4)5/h12-16H,6-11,18H2,1-5H3. The molecule has 0 aromatic rings. The van der Waals surface area contributed by atoms with Crippen LogP contribution in [0.15, 0.2) is 0 Å². The zero-order chi connectivity index (χ0) is 14.2. The molecule has 112 valence electrons. The molecule has 0 spiro atoms. The largest absolute Gasteiger partial charge is 0.327 e. The van der Waals surface area contributed by atoms with Gasteiger partial charge in [0.1, 0.15) is 0 Å². The van der Waals surface area contributed by atoms with Crippen LogP contribution in [0.4, 0.5) is 0 Å². The maximum Gasteiger partial charge on any atom is 0.00966 e. The summed E-state index contributed by atoms with van der Waals surface area (Å²) in [5.74, 6) is 2.25. The third-order valence-corrected chi connectivity index (χ3v) is 5.83. The van der Waals surface area contributed by atoms with Crippen molar-refractivity contribution >= 4 is 0 Å². The van der Waals surface area contributed by atoms with Crippen molar-refractivity contribution in [1.82, 2.24) is 4.90 Å². The Balaban J connectivity index is 1.99. The van der Waals surface area contributed by atoms with E-state index in [2.05, 4.69) is 39.5 Å². The van der Waals surface area contributed by atoms with Crippen molar-refractivity contribution in [3.05, 3.63) is 0 Å². The third kappa shape index (κ3) is 3.52. The van der Waals surface area contributed by atoms with Gasteiger partial charge in [-0.2, -0.15) is 0 Å². The van der Waals surface area contributed by atoms with E-state index in [4.69, 9.17) is 5.73 Å². The Bertz CT molecular complexity index is 294. The lowest BCUT2D eigenvalue weighted by Gasteiger charge is -2.48. The molecule has 0 radical (unpaired) electrons. The Hall–Kier alpha value is -0.0800. The summed E-state index contributed by atoms with van der Waals surface area (Å²) in [4.78, 5) is 2.78. The molecule has 2 N–H and O–H groups in total. The summed E-state index contributed by atoms with van der Waals surface area (Å²) < 4.78 is 0. The second-order valence-corrected chi connectivity index (χ2v) is 8.13. The molecular weight excluding hydrogens is 232 g/mol. The van der Waals surface area contributed by atoms with Crippen LogP contribution in [0.25, 0.3) is 0 Å². The molecule has 3 unspecified atom stereocenters. The van der Waals surface area contributed by atoms with E-state index in [1.54, 1.807) is 0 Å². The van der Waals surface area contributed by atoms with Crippen LogP contribution in [0.3, 0.4) is 0 Å². The minimum atomic E-state index is 0.391. The Morgan fingerprint density at radius 1 is 1.16 bits per heavy atom. The Morgan fingerprint density at radius 3 is 2.32 bits per heavy atom. The summed E-state index contributed by atoms with van der Waals surface area (Å²) in [5.41, 5.74) is 6.68. The van der Waals surface area contributed by atoms with Gasteiger partial charge >= 0.3 is 0 Å². The SMILES string of the molecule is CC(C)CN(CC1CCC(N)C(C)C1(C)C)C1CC1. The molecule has 0 aromatic carbocycles. The van der Waals surface area contributed by atoms with Gasteiger partial charge in [0.25, 0.3) is 0 Å². The molecule has 0 amide bonds. The summed E-state index contributed by atoms with van der Waals surface area (Å²) in [6, 6.07) is 1.30. The number of hydrogen-bond acceptors (Lipinski definition) is 2. The highest BCUT2D eigenvalue weighted by atomic mass is 15.2. The Kier molecular flexibility index (Phi) is 4.62. The van der Waals surface area contributed by atoms with Gasteiger partial charge in [-0.25, -0.2) is 0 Å². The fraction of sp³-hybridized carbons (Fsp3) is 1.00. The van der Waals surface area contributed by atoms with E-state index in [1.807, 2.05) is 0 Å². The Labute approximate surface area is 120 Å². The Morgan fingerprint density at radius 2 is 1.79 bits per heavy atom. The van der Waals surface area contributed by atoms with Gasteiger partial charge in [0, 0.05) is 25.2 Å². The van der Waals surface area contributed by atoms with Gasteiger partial charge in [-0.1, -0.05) is 34.6 Å². The van der Waals surface area contributed by atoms with Crippen molar-refractivity contribution in [2.75, 3.05) is 13.1 Å². The molecule has 0 aliphatic heterocycles. The van der Waals surface area contributed by atoms with Gasteiger partial charge in [0.15, 0.2) is 0 Å². The molecule has 19 heavy (non-hydrogen) atoms. The first kappa shape index (κ1) is 15.3. The van der Waals surface area contributed by atoms with Crippen LogP contribution in [0, 0.1) is 23.2 Å². The molecule has 2 fully saturated rings. The molecule has 2 heteroatoms. The van der Waals surface area contributed by atoms with E-state index in [0.717, 1.165) is 17.9 Å². The monoisotopic (exact) mass is 266 g/mol. The number of nitrogens with two attached hydrogens (primary N) is 1. The molecule has 2 aliphatic rings. The van der Waals surface area contributed by atoms with E-state index in [9.17, 15) is 0 Å². The minimum Gasteiger partial charge on any atom is -0.327 e. The van der Waals surface area contributed by atoms with E-state index in [-0.39, 0.29) is 0 Å². The third-order valence-electron chi connectivity index (χ3n) is 5.83. The summed E-state index contributed by atoms with van der Waals surface area (Å²) >= 11 is 0. The van der Waals surface area contributed by atoms with Crippen LogP contribution in [-0.2, 0) is 0 Å². The molecule has 2 aliphatic carbocycles. The predicted molar refractivity (Wildman–Crippen MR) is 83.1 cm³/mol. The van der Waals surface area contributed by atoms with Gasteiger partial charge in [-0.15, -0.1) is 0 Å². The molecule has 2 rings (SSSR count). The van der Waals surface area contributed by atoms with Crippen molar-refractivity contribution in [3.8, 4) is 0 Å². The zero-order valence-electron chi connectivity index (χ0n) is 13.7. The van der Waals surface area contributed by atoms with Crippen LogP contribution >= 0.6 is 0 Å². The van der Waals surface area contributed by atoms with Crippen molar-refractivity contribution in [2.45, 2.75) is 72.4 Å². The van der Waals surface area contributed by atoms with Crippen molar-refractivity contribution < 1.29 is 0 Å². The fourth-order valence-electron chi connectivity index (χ4n) is 3.83. The van der Waals surface area contributed by atoms with Gasteiger partial charge in [-0.05, 0) is 48.9 Å². The van der Waals surface area contributed by atoms with Gasteiger partial charge in [-0.3, -0.25) is 4.90 Å². The van der Waals surface area contributed by atoms with Crippen LogP contribution in [-0.4, -0.2) is 30.1 Å². The van der Waals surface area contributed by atoms with Gasteiger partial charge in [0.2, 0.25) is 0 Å². The highest BCUT2D eigenvalue weighted by Crippen LogP contribution is 2.45. The van der Waals surface area contributed by atoms with E-state index in [0.29, 0.717) is 17.4 Å². The molecule has 2 saturated carbocycles. The zero-order valence-corrected chi connectivity index (χ0v) is 13.7. The number of nitrogens with zero attached hydrogens (tertiary/aromatic N) is 1. The van der Waals surface area contributed by atoms with Crippen LogP contribution in [0.5, 0.6) is 0 Å². The average Bonchev–Trinajstić information content (AvgIpc) is 3.12. The summed E-state index contributed by atoms with van der Waals surface area (Å²) in [7, 11) is 0. The normalized spacial score (nSPS) is 35.1. The van der Waals surface area contributed by atoms with Crippen LogP contribution in [0.2, 0.25) is 0 Å². The molecule has 0 saturated heterocycles. The first-order chi connectivity index (χ1) is 8.82. The van der Waals surface area contributed by atoms with E-state index >= 15 is 0 Å². The minimum absolute atomic E-state index is 0.391. The second-order valence-electron chi connectivity index (χ2n) is 8.13. The quantitative estimate of drug-likeness (QED) is 0.825. The van der Waals surface area contributed by atoms with Crippen LogP contribution < -0.4 is 5.73 Å². The van der Waals surface area contributed by atoms with Crippen molar-refractivity contribution in [3.63, 3.8) is 0 Å². The van der Waals surface area contributed by atoms with Crippen LogP contribution in [0.1, 0.15) is 60.3 Å². The molecular formula is C17H34N2. The lowest BCUT2D eigenvalue weighted by molar-refractivity contribution is 0.0242. The fourth-order valence-corrected chi connectivity index (χ4v) is 3.83. The molecule has 3 atom stereocenters. The predicted octanol–water partition coefficient (Wildman–Crippen LogP) is 3.51. The molecule has 0 bridgehead atoms. The second kappa shape index (κ2) is 5.73. The lowest BCUT2D eigenvalue weighted by atomic mass is 9.61. The lowest BCUT2D eigenvalue weighted by Crippen LogP contribution is -2.50. The average molecular weight is 266 g/mol. The van der Waals surface area contributed by atoms with Crippen molar-refractivity contribution in [2.24, 2.45) is 28.9 Å². The maximum atomic E-state index is 6.29.